The molecule has 0 fully saturated rings. The molecule has 0 aliphatic rings. The van der Waals surface area contributed by atoms with Crippen LogP contribution in [0.25, 0.3) is 11.3 Å². The van der Waals surface area contributed by atoms with E-state index in [1.54, 1.807) is 24.3 Å². The maximum Gasteiger partial charge on any atom is 0.254 e. The van der Waals surface area contributed by atoms with Gasteiger partial charge in [-0.2, -0.15) is 0 Å². The Bertz CT molecular complexity index is 833. The third-order valence-electron chi connectivity index (χ3n) is 3.21. The van der Waals surface area contributed by atoms with Crippen LogP contribution in [0.4, 0.5) is 4.39 Å². The molecule has 1 amide bonds. The number of nitrogens with one attached hydrogen (secondary N) is 1. The van der Waals surface area contributed by atoms with Crippen molar-refractivity contribution in [1.82, 2.24) is 10.3 Å². The molecule has 0 saturated carbocycles. The van der Waals surface area contributed by atoms with E-state index in [9.17, 15) is 9.18 Å². The molecule has 116 valence electrons. The van der Waals surface area contributed by atoms with Gasteiger partial charge in [0.05, 0.1) is 17.8 Å². The van der Waals surface area contributed by atoms with Crippen molar-refractivity contribution in [2.45, 2.75) is 6.54 Å². The van der Waals surface area contributed by atoms with Crippen molar-refractivity contribution in [1.29, 1.82) is 0 Å². The van der Waals surface area contributed by atoms with E-state index in [0.717, 1.165) is 16.3 Å². The third-order valence-corrected chi connectivity index (χ3v) is 4.31. The zero-order valence-electron chi connectivity index (χ0n) is 11.9. The Morgan fingerprint density at radius 3 is 2.65 bits per heavy atom. The topological polar surface area (TPSA) is 42.0 Å². The number of carbonyl (C=O) groups excluding carboxylic acids is 1. The highest BCUT2D eigenvalue weighted by atomic mass is 35.5. The molecule has 1 aromatic heterocycles. The summed E-state index contributed by atoms with van der Waals surface area (Å²) >= 11 is 7.30. The molecule has 0 bridgehead atoms. The van der Waals surface area contributed by atoms with E-state index in [4.69, 9.17) is 11.6 Å². The minimum absolute atomic E-state index is 0.0296. The first-order chi connectivity index (χ1) is 11.1. The van der Waals surface area contributed by atoms with Crippen molar-refractivity contribution in [2.24, 2.45) is 0 Å². The molecule has 1 heterocycles. The van der Waals surface area contributed by atoms with Crippen LogP contribution in [0.2, 0.25) is 5.02 Å². The van der Waals surface area contributed by atoms with Gasteiger partial charge < -0.3 is 5.32 Å². The fourth-order valence-electron chi connectivity index (χ4n) is 2.04. The van der Waals surface area contributed by atoms with Gasteiger partial charge in [0.2, 0.25) is 0 Å². The molecule has 23 heavy (non-hydrogen) atoms. The van der Waals surface area contributed by atoms with Crippen molar-refractivity contribution in [3.8, 4) is 11.3 Å². The third kappa shape index (κ3) is 3.75. The largest absolute Gasteiger partial charge is 0.345 e. The lowest BCUT2D eigenvalue weighted by Gasteiger charge is -2.04. The highest BCUT2D eigenvalue weighted by Crippen LogP contribution is 2.23. The van der Waals surface area contributed by atoms with E-state index in [2.05, 4.69) is 10.3 Å². The van der Waals surface area contributed by atoms with Crippen molar-refractivity contribution in [3.63, 3.8) is 0 Å². The minimum Gasteiger partial charge on any atom is -0.345 e. The maximum atomic E-state index is 13.5. The lowest BCUT2D eigenvalue weighted by molar-refractivity contribution is 0.0947. The molecule has 2 aromatic carbocycles. The molecule has 0 spiro atoms. The molecule has 0 saturated heterocycles. The van der Waals surface area contributed by atoms with Crippen molar-refractivity contribution in [3.05, 3.63) is 75.3 Å². The quantitative estimate of drug-likeness (QED) is 0.754. The minimum atomic E-state index is -0.536. The first kappa shape index (κ1) is 15.6. The molecule has 0 unspecified atom stereocenters. The van der Waals surface area contributed by atoms with Gasteiger partial charge in [0.15, 0.2) is 0 Å². The molecule has 0 aliphatic carbocycles. The van der Waals surface area contributed by atoms with Crippen LogP contribution >= 0.6 is 22.9 Å². The number of carbonyl (C=O) groups is 1. The summed E-state index contributed by atoms with van der Waals surface area (Å²) in [5.41, 5.74) is 1.81. The Hall–Kier alpha value is -2.24. The first-order valence-corrected chi connectivity index (χ1v) is 8.12. The van der Waals surface area contributed by atoms with Gasteiger partial charge in [0.25, 0.3) is 5.91 Å². The lowest BCUT2D eigenvalue weighted by atomic mass is 10.2. The summed E-state index contributed by atoms with van der Waals surface area (Å²) < 4.78 is 13.5. The number of benzene rings is 2. The number of rotatable bonds is 4. The van der Waals surface area contributed by atoms with Crippen LogP contribution in [-0.2, 0) is 6.54 Å². The number of amides is 1. The van der Waals surface area contributed by atoms with E-state index in [1.165, 1.54) is 23.5 Å². The smallest absolute Gasteiger partial charge is 0.254 e. The monoisotopic (exact) mass is 346 g/mol. The van der Waals surface area contributed by atoms with E-state index in [0.29, 0.717) is 5.02 Å². The Morgan fingerprint density at radius 1 is 1.17 bits per heavy atom. The van der Waals surface area contributed by atoms with Crippen molar-refractivity contribution < 1.29 is 9.18 Å². The molecule has 3 rings (SSSR count). The van der Waals surface area contributed by atoms with Crippen molar-refractivity contribution >= 4 is 28.8 Å². The van der Waals surface area contributed by atoms with Gasteiger partial charge in [-0.3, -0.25) is 4.79 Å². The summed E-state index contributed by atoms with van der Waals surface area (Å²) in [5, 5.41) is 6.01. The van der Waals surface area contributed by atoms with E-state index >= 15 is 0 Å². The summed E-state index contributed by atoms with van der Waals surface area (Å²) in [5.74, 6) is -0.989. The SMILES string of the molecule is O=C(NCc1nc(-c2ccc(Cl)cc2)cs1)c1ccccc1F. The van der Waals surface area contributed by atoms with Gasteiger partial charge in [0.1, 0.15) is 10.8 Å². The fourth-order valence-corrected chi connectivity index (χ4v) is 2.91. The summed E-state index contributed by atoms with van der Waals surface area (Å²) in [4.78, 5) is 16.4. The molecule has 1 N–H and O–H groups in total. The second kappa shape index (κ2) is 6.89. The number of aromatic nitrogens is 1. The summed E-state index contributed by atoms with van der Waals surface area (Å²) in [6.07, 6.45) is 0. The van der Waals surface area contributed by atoms with Gasteiger partial charge >= 0.3 is 0 Å². The highest BCUT2D eigenvalue weighted by Gasteiger charge is 2.11. The number of hydrogen-bond acceptors (Lipinski definition) is 3. The van der Waals surface area contributed by atoms with E-state index < -0.39 is 11.7 Å². The summed E-state index contributed by atoms with van der Waals surface area (Å²) in [6.45, 7) is 0.255. The van der Waals surface area contributed by atoms with Crippen LogP contribution in [-0.4, -0.2) is 10.9 Å². The number of thiazole rings is 1. The second-order valence-electron chi connectivity index (χ2n) is 4.80. The standard InChI is InChI=1S/C17H12ClFN2OS/c18-12-7-5-11(6-8-12)15-10-23-16(21-15)9-20-17(22)13-3-1-2-4-14(13)19/h1-8,10H,9H2,(H,20,22). The Labute approximate surface area is 141 Å². The fraction of sp³-hybridized carbons (Fsp3) is 0.0588. The average molecular weight is 347 g/mol. The number of halogens is 2. The normalized spacial score (nSPS) is 10.5. The molecule has 6 heteroatoms. The molecule has 3 aromatic rings. The van der Waals surface area contributed by atoms with Crippen LogP contribution < -0.4 is 5.32 Å². The Balaban J connectivity index is 1.67. The van der Waals surface area contributed by atoms with Crippen LogP contribution in [0.15, 0.2) is 53.9 Å². The van der Waals surface area contributed by atoms with Gasteiger partial charge in [0, 0.05) is 16.0 Å². The number of hydrogen-bond donors (Lipinski definition) is 1. The Morgan fingerprint density at radius 2 is 1.91 bits per heavy atom. The Kier molecular flexibility index (Phi) is 4.69. The van der Waals surface area contributed by atoms with Gasteiger partial charge in [-0.15, -0.1) is 11.3 Å². The molecular weight excluding hydrogens is 335 g/mol. The van der Waals surface area contributed by atoms with E-state index in [1.807, 2.05) is 17.5 Å². The molecule has 0 radical (unpaired) electrons. The van der Waals surface area contributed by atoms with Crippen LogP contribution in [0.5, 0.6) is 0 Å². The van der Waals surface area contributed by atoms with Gasteiger partial charge in [-0.25, -0.2) is 9.37 Å². The molecular formula is C17H12ClFN2OS. The summed E-state index contributed by atoms with van der Waals surface area (Å²) in [6, 6.07) is 13.3. The zero-order chi connectivity index (χ0) is 16.2. The molecule has 0 aliphatic heterocycles. The van der Waals surface area contributed by atoms with Gasteiger partial charge in [-0.05, 0) is 24.3 Å². The first-order valence-electron chi connectivity index (χ1n) is 6.86. The lowest BCUT2D eigenvalue weighted by Crippen LogP contribution is -2.23. The van der Waals surface area contributed by atoms with Crippen molar-refractivity contribution in [2.75, 3.05) is 0 Å². The highest BCUT2D eigenvalue weighted by molar-refractivity contribution is 7.09. The maximum absolute atomic E-state index is 13.5. The summed E-state index contributed by atoms with van der Waals surface area (Å²) in [7, 11) is 0. The van der Waals surface area contributed by atoms with Crippen LogP contribution in [0.1, 0.15) is 15.4 Å². The van der Waals surface area contributed by atoms with Crippen LogP contribution in [0.3, 0.4) is 0 Å². The van der Waals surface area contributed by atoms with Gasteiger partial charge in [-0.1, -0.05) is 35.9 Å². The zero-order valence-corrected chi connectivity index (χ0v) is 13.5. The van der Waals surface area contributed by atoms with Crippen LogP contribution in [0, 0.1) is 5.82 Å². The number of nitrogens with zero attached hydrogens (tertiary/aromatic N) is 1. The molecule has 3 nitrogen and oxygen atoms in total. The molecule has 0 atom stereocenters. The average Bonchev–Trinajstić information content (AvgIpc) is 3.03. The second-order valence-corrected chi connectivity index (χ2v) is 6.17. The van der Waals surface area contributed by atoms with E-state index in [-0.39, 0.29) is 12.1 Å². The predicted molar refractivity (Wildman–Crippen MR) is 90.1 cm³/mol. The predicted octanol–water partition coefficient (Wildman–Crippen LogP) is 4.53.